The maximum Gasteiger partial charge on any atom is 0.174 e. The fraction of sp³-hybridized carbons (Fsp3) is 0.567. The van der Waals surface area contributed by atoms with Gasteiger partial charge in [0, 0.05) is 37.1 Å². The third-order valence-electron chi connectivity index (χ3n) is 7.84. The molecule has 1 heterocycles. The lowest BCUT2D eigenvalue weighted by Crippen LogP contribution is -2.46. The van der Waals surface area contributed by atoms with Crippen LogP contribution in [0, 0.1) is 26.7 Å². The molecule has 4 rings (SSSR count). The van der Waals surface area contributed by atoms with Crippen LogP contribution in [-0.4, -0.2) is 29.1 Å². The van der Waals surface area contributed by atoms with Crippen molar-refractivity contribution < 1.29 is 0 Å². The van der Waals surface area contributed by atoms with Gasteiger partial charge in [-0.15, -0.1) is 0 Å². The minimum atomic E-state index is 0.493. The third-order valence-corrected chi connectivity index (χ3v) is 8.18. The zero-order valence-electron chi connectivity index (χ0n) is 21.9. The minimum Gasteiger partial charge on any atom is -0.371 e. The molecule has 34 heavy (non-hydrogen) atoms. The van der Waals surface area contributed by atoms with E-state index in [1.165, 1.54) is 90.7 Å². The number of anilines is 2. The first-order chi connectivity index (χ1) is 16.4. The topological polar surface area (TPSA) is 18.5 Å². The van der Waals surface area contributed by atoms with Crippen molar-refractivity contribution in [3.05, 3.63) is 58.1 Å². The van der Waals surface area contributed by atoms with E-state index in [0.717, 1.165) is 18.2 Å². The quantitative estimate of drug-likeness (QED) is 0.433. The van der Waals surface area contributed by atoms with Crippen molar-refractivity contribution in [2.24, 2.45) is 5.92 Å². The second-order valence-electron chi connectivity index (χ2n) is 10.7. The van der Waals surface area contributed by atoms with E-state index < -0.39 is 0 Å². The van der Waals surface area contributed by atoms with Gasteiger partial charge in [-0.2, -0.15) is 0 Å². The van der Waals surface area contributed by atoms with Crippen LogP contribution in [0.5, 0.6) is 0 Å². The number of aryl methyl sites for hydroxylation is 4. The summed E-state index contributed by atoms with van der Waals surface area (Å²) >= 11 is 6.12. The lowest BCUT2D eigenvalue weighted by Gasteiger charge is -2.41. The van der Waals surface area contributed by atoms with Gasteiger partial charge in [-0.05, 0) is 99.3 Å². The van der Waals surface area contributed by atoms with E-state index in [2.05, 4.69) is 80.1 Å². The molecule has 1 N–H and O–H groups in total. The Morgan fingerprint density at radius 3 is 2.50 bits per heavy atom. The van der Waals surface area contributed by atoms with E-state index in [1.54, 1.807) is 0 Å². The number of nitrogens with zero attached hydrogens (tertiary/aromatic N) is 2. The highest BCUT2D eigenvalue weighted by Crippen LogP contribution is 2.33. The van der Waals surface area contributed by atoms with Crippen LogP contribution in [0.4, 0.5) is 11.4 Å². The molecule has 0 spiro atoms. The first-order valence-corrected chi connectivity index (χ1v) is 13.8. The number of fused-ring (bicyclic) bond motifs is 1. The Kier molecular flexibility index (Phi) is 8.18. The molecule has 184 valence electrons. The monoisotopic (exact) mass is 477 g/mol. The van der Waals surface area contributed by atoms with Gasteiger partial charge < -0.3 is 15.1 Å². The second kappa shape index (κ2) is 11.1. The zero-order valence-corrected chi connectivity index (χ0v) is 22.7. The summed E-state index contributed by atoms with van der Waals surface area (Å²) in [5.41, 5.74) is 9.35. The molecule has 0 amide bonds. The smallest absolute Gasteiger partial charge is 0.174 e. The molecular weight excluding hydrogens is 434 g/mol. The summed E-state index contributed by atoms with van der Waals surface area (Å²) in [6.07, 6.45) is 8.80. The molecule has 0 radical (unpaired) electrons. The molecule has 0 unspecified atom stereocenters. The van der Waals surface area contributed by atoms with Crippen LogP contribution >= 0.6 is 12.2 Å². The first-order valence-electron chi connectivity index (χ1n) is 13.4. The van der Waals surface area contributed by atoms with Crippen molar-refractivity contribution in [1.82, 2.24) is 4.90 Å². The summed E-state index contributed by atoms with van der Waals surface area (Å²) < 4.78 is 0. The number of nitrogens with one attached hydrogen (secondary N) is 1. The Hall–Kier alpha value is -2.07. The molecule has 2 atom stereocenters. The van der Waals surface area contributed by atoms with Crippen LogP contribution in [0.15, 0.2) is 30.3 Å². The van der Waals surface area contributed by atoms with E-state index >= 15 is 0 Å². The SMILES string of the molecule is CCCN1CCCc2cc(CN(C(=S)Nc3c(C)cc(C)cc3C)[C@@H]3CCCC[C@@H]3C)ccc21. The molecule has 0 bridgehead atoms. The van der Waals surface area contributed by atoms with E-state index in [-0.39, 0.29) is 0 Å². The van der Waals surface area contributed by atoms with Gasteiger partial charge in [-0.25, -0.2) is 0 Å². The van der Waals surface area contributed by atoms with Crippen LogP contribution < -0.4 is 10.2 Å². The lowest BCUT2D eigenvalue weighted by atomic mass is 9.84. The predicted molar refractivity (Wildman–Crippen MR) is 151 cm³/mol. The number of rotatable bonds is 6. The molecule has 2 aliphatic rings. The average molecular weight is 478 g/mol. The van der Waals surface area contributed by atoms with Gasteiger partial charge in [0.05, 0.1) is 0 Å². The van der Waals surface area contributed by atoms with Gasteiger partial charge in [0.25, 0.3) is 0 Å². The Morgan fingerprint density at radius 2 is 1.79 bits per heavy atom. The van der Waals surface area contributed by atoms with Crippen molar-refractivity contribution in [1.29, 1.82) is 0 Å². The second-order valence-corrected chi connectivity index (χ2v) is 11.1. The summed E-state index contributed by atoms with van der Waals surface area (Å²) in [5.74, 6) is 0.659. The highest BCUT2D eigenvalue weighted by Gasteiger charge is 2.30. The van der Waals surface area contributed by atoms with E-state index in [4.69, 9.17) is 12.2 Å². The number of hydrogen-bond donors (Lipinski definition) is 1. The van der Waals surface area contributed by atoms with Gasteiger partial charge >= 0.3 is 0 Å². The van der Waals surface area contributed by atoms with Crippen molar-refractivity contribution >= 4 is 28.7 Å². The number of hydrogen-bond acceptors (Lipinski definition) is 2. The van der Waals surface area contributed by atoms with E-state index in [9.17, 15) is 0 Å². The molecule has 1 aliphatic carbocycles. The van der Waals surface area contributed by atoms with Crippen molar-refractivity contribution in [2.75, 3.05) is 23.3 Å². The summed E-state index contributed by atoms with van der Waals surface area (Å²) in [4.78, 5) is 5.07. The molecular formula is C30H43N3S. The Balaban J connectivity index is 1.60. The highest BCUT2D eigenvalue weighted by molar-refractivity contribution is 7.80. The van der Waals surface area contributed by atoms with Crippen LogP contribution in [0.3, 0.4) is 0 Å². The summed E-state index contributed by atoms with van der Waals surface area (Å²) in [6.45, 7) is 14.4. The molecule has 1 aliphatic heterocycles. The lowest BCUT2D eigenvalue weighted by molar-refractivity contribution is 0.177. The summed E-state index contributed by atoms with van der Waals surface area (Å²) in [6, 6.07) is 12.2. The van der Waals surface area contributed by atoms with Crippen LogP contribution in [-0.2, 0) is 13.0 Å². The highest BCUT2D eigenvalue weighted by atomic mass is 32.1. The molecule has 4 heteroatoms. The van der Waals surface area contributed by atoms with Gasteiger partial charge in [0.1, 0.15) is 0 Å². The van der Waals surface area contributed by atoms with Gasteiger partial charge in [0.15, 0.2) is 5.11 Å². The van der Waals surface area contributed by atoms with Crippen molar-refractivity contribution in [3.63, 3.8) is 0 Å². The summed E-state index contributed by atoms with van der Waals surface area (Å²) in [7, 11) is 0. The molecule has 1 saturated carbocycles. The zero-order chi connectivity index (χ0) is 24.2. The summed E-state index contributed by atoms with van der Waals surface area (Å²) in [5, 5.41) is 4.55. The standard InChI is InChI=1S/C30H43N3S/c1-6-15-32-16-9-11-26-19-25(13-14-28(26)32)20-33(27-12-8-7-10-22(27)3)30(34)31-29-23(4)17-21(2)18-24(29)5/h13-14,17-19,22,27H,6-12,15-16,20H2,1-5H3,(H,31,34)/t22-,27+/m0/s1. The van der Waals surface area contributed by atoms with Gasteiger partial charge in [-0.3, -0.25) is 0 Å². The Labute approximate surface area is 212 Å². The molecule has 0 aromatic heterocycles. The number of benzene rings is 2. The van der Waals surface area contributed by atoms with E-state index in [0.29, 0.717) is 12.0 Å². The maximum atomic E-state index is 6.12. The van der Waals surface area contributed by atoms with E-state index in [1.807, 2.05) is 0 Å². The van der Waals surface area contributed by atoms with Crippen molar-refractivity contribution in [2.45, 2.75) is 92.2 Å². The first kappa shape index (κ1) is 25.0. The minimum absolute atomic E-state index is 0.493. The Bertz CT molecular complexity index is 991. The van der Waals surface area contributed by atoms with Crippen molar-refractivity contribution in [3.8, 4) is 0 Å². The Morgan fingerprint density at radius 1 is 1.06 bits per heavy atom. The molecule has 3 nitrogen and oxygen atoms in total. The fourth-order valence-electron chi connectivity index (χ4n) is 6.18. The number of thiocarbonyl (C=S) groups is 1. The molecule has 1 fully saturated rings. The van der Waals surface area contributed by atoms with Gasteiger partial charge in [-0.1, -0.05) is 56.5 Å². The van der Waals surface area contributed by atoms with Crippen LogP contribution in [0.25, 0.3) is 0 Å². The van der Waals surface area contributed by atoms with Gasteiger partial charge in [0.2, 0.25) is 0 Å². The van der Waals surface area contributed by atoms with Crippen LogP contribution in [0.1, 0.15) is 80.2 Å². The third kappa shape index (κ3) is 5.59. The fourth-order valence-corrected chi connectivity index (χ4v) is 6.48. The average Bonchev–Trinajstić information content (AvgIpc) is 2.80. The molecule has 2 aromatic rings. The largest absolute Gasteiger partial charge is 0.371 e. The predicted octanol–water partition coefficient (Wildman–Crippen LogP) is 7.55. The normalized spacial score (nSPS) is 20.1. The molecule has 0 saturated heterocycles. The maximum absolute atomic E-state index is 6.12. The van der Waals surface area contributed by atoms with Crippen LogP contribution in [0.2, 0.25) is 0 Å². The molecule has 2 aromatic carbocycles.